The molecule has 0 radical (unpaired) electrons. The van der Waals surface area contributed by atoms with Crippen LogP contribution >= 0.6 is 0 Å². The summed E-state index contributed by atoms with van der Waals surface area (Å²) in [5, 5.41) is 32.8. The minimum absolute atomic E-state index is 0.374. The SMILES string of the molecule is N#Cc1cccc(-c2ccc3c(c2)c2cc(-c4cccc(C#N)c4)ccc2n3-c2c(-c3nc(-c4ccccc4)cc(-c4ccccc4)n3)cc(C#N)cc2-c2nc(-c3ccccc3)cc(-c3ccccc3)n2)c1. The van der Waals surface area contributed by atoms with Crippen molar-refractivity contribution in [3.63, 3.8) is 0 Å². The first-order valence-electron chi connectivity index (χ1n) is 23.7. The van der Waals surface area contributed by atoms with Gasteiger partial charge < -0.3 is 4.57 Å². The van der Waals surface area contributed by atoms with Crippen LogP contribution in [-0.2, 0) is 0 Å². The maximum Gasteiger partial charge on any atom is 0.162 e. The van der Waals surface area contributed by atoms with E-state index in [1.807, 2.05) is 182 Å². The van der Waals surface area contributed by atoms with Crippen molar-refractivity contribution >= 4 is 21.8 Å². The van der Waals surface area contributed by atoms with Gasteiger partial charge in [-0.25, -0.2) is 19.9 Å². The summed E-state index contributed by atoms with van der Waals surface area (Å²) in [5.41, 5.74) is 15.2. The lowest BCUT2D eigenvalue weighted by Gasteiger charge is -2.20. The third-order valence-electron chi connectivity index (χ3n) is 13.1. The average Bonchev–Trinajstić information content (AvgIpc) is 3.80. The van der Waals surface area contributed by atoms with Crippen LogP contribution in [0, 0.1) is 34.0 Å². The van der Waals surface area contributed by atoms with Gasteiger partial charge >= 0.3 is 0 Å². The van der Waals surface area contributed by atoms with Crippen molar-refractivity contribution in [1.82, 2.24) is 24.5 Å². The zero-order valence-electron chi connectivity index (χ0n) is 39.0. The Balaban J connectivity index is 1.23. The van der Waals surface area contributed by atoms with E-state index in [0.717, 1.165) is 66.3 Å². The van der Waals surface area contributed by atoms with E-state index in [9.17, 15) is 15.8 Å². The number of benzene rings is 9. The molecule has 8 heteroatoms. The highest BCUT2D eigenvalue weighted by atomic mass is 15.0. The van der Waals surface area contributed by atoms with Gasteiger partial charge in [-0.15, -0.1) is 0 Å². The number of hydrogen-bond acceptors (Lipinski definition) is 7. The molecule has 338 valence electrons. The summed E-state index contributed by atoms with van der Waals surface area (Å²) in [6.07, 6.45) is 0. The molecule has 0 amide bonds. The van der Waals surface area contributed by atoms with Crippen molar-refractivity contribution in [2.75, 3.05) is 0 Å². The molecule has 0 atom stereocenters. The van der Waals surface area contributed by atoms with Crippen LogP contribution in [-0.4, -0.2) is 24.5 Å². The molecule has 0 fully saturated rings. The summed E-state index contributed by atoms with van der Waals surface area (Å²) in [5.74, 6) is 0.807. The van der Waals surface area contributed by atoms with Crippen LogP contribution in [0.3, 0.4) is 0 Å². The first-order chi connectivity index (χ1) is 36.0. The van der Waals surface area contributed by atoms with Crippen LogP contribution in [0.4, 0.5) is 0 Å². The first kappa shape index (κ1) is 43.7. The predicted octanol–water partition coefficient (Wildman–Crippen LogP) is 15.3. The summed E-state index contributed by atoms with van der Waals surface area (Å²) in [6.45, 7) is 0. The van der Waals surface area contributed by atoms with Crippen molar-refractivity contribution in [3.05, 3.63) is 247 Å². The first-order valence-corrected chi connectivity index (χ1v) is 23.7. The third kappa shape index (κ3) is 8.32. The van der Waals surface area contributed by atoms with Crippen molar-refractivity contribution < 1.29 is 0 Å². The number of aromatic nitrogens is 5. The van der Waals surface area contributed by atoms with Crippen LogP contribution in [0.2, 0.25) is 0 Å². The highest BCUT2D eigenvalue weighted by Crippen LogP contribution is 2.44. The Kier molecular flexibility index (Phi) is 11.2. The highest BCUT2D eigenvalue weighted by Gasteiger charge is 2.26. The van der Waals surface area contributed by atoms with Crippen molar-refractivity contribution in [1.29, 1.82) is 15.8 Å². The number of rotatable bonds is 9. The molecule has 0 aliphatic rings. The van der Waals surface area contributed by atoms with E-state index in [0.29, 0.717) is 67.9 Å². The third-order valence-corrected chi connectivity index (χ3v) is 13.1. The lowest BCUT2D eigenvalue weighted by Crippen LogP contribution is -2.06. The van der Waals surface area contributed by atoms with Crippen LogP contribution in [0.1, 0.15) is 16.7 Å². The molecule has 0 unspecified atom stereocenters. The topological polar surface area (TPSA) is 128 Å². The molecule has 12 rings (SSSR count). The van der Waals surface area contributed by atoms with E-state index in [1.54, 1.807) is 12.1 Å². The van der Waals surface area contributed by atoms with E-state index in [-0.39, 0.29) is 0 Å². The molecular formula is C65H38N8. The number of nitriles is 3. The molecular weight excluding hydrogens is 893 g/mol. The lowest BCUT2D eigenvalue weighted by atomic mass is 9.99. The minimum atomic E-state index is 0.374. The lowest BCUT2D eigenvalue weighted by molar-refractivity contribution is 1.12. The molecule has 0 saturated carbocycles. The Morgan fingerprint density at radius 3 is 0.959 bits per heavy atom. The van der Waals surface area contributed by atoms with E-state index in [1.165, 1.54) is 0 Å². The van der Waals surface area contributed by atoms with Crippen molar-refractivity contribution in [2.24, 2.45) is 0 Å². The highest BCUT2D eigenvalue weighted by molar-refractivity contribution is 6.13. The van der Waals surface area contributed by atoms with E-state index < -0.39 is 0 Å². The predicted molar refractivity (Wildman–Crippen MR) is 290 cm³/mol. The molecule has 12 aromatic rings. The summed E-state index contributed by atoms with van der Waals surface area (Å²) in [6, 6.07) is 83.0. The molecule has 0 N–H and O–H groups in total. The summed E-state index contributed by atoms with van der Waals surface area (Å²) >= 11 is 0. The van der Waals surface area contributed by atoms with Crippen LogP contribution < -0.4 is 0 Å². The maximum atomic E-state index is 11.0. The molecule has 0 spiro atoms. The number of hydrogen-bond donors (Lipinski definition) is 0. The fourth-order valence-corrected chi connectivity index (χ4v) is 9.60. The van der Waals surface area contributed by atoms with Gasteiger partial charge in [0.1, 0.15) is 0 Å². The maximum absolute atomic E-state index is 11.0. The molecule has 73 heavy (non-hydrogen) atoms. The van der Waals surface area contributed by atoms with Gasteiger partial charge in [-0.05, 0) is 95.1 Å². The van der Waals surface area contributed by atoms with Gasteiger partial charge in [-0.2, -0.15) is 15.8 Å². The molecule has 0 bridgehead atoms. The molecule has 0 aliphatic heterocycles. The summed E-state index contributed by atoms with van der Waals surface area (Å²) in [7, 11) is 0. The molecule has 3 aromatic heterocycles. The second-order valence-electron chi connectivity index (χ2n) is 17.6. The normalized spacial score (nSPS) is 11.0. The summed E-state index contributed by atoms with van der Waals surface area (Å²) in [4.78, 5) is 21.5. The van der Waals surface area contributed by atoms with Crippen molar-refractivity contribution in [2.45, 2.75) is 0 Å². The van der Waals surface area contributed by atoms with Gasteiger partial charge in [-0.1, -0.05) is 158 Å². The Hall–Kier alpha value is -10.6. The monoisotopic (exact) mass is 930 g/mol. The molecule has 9 aromatic carbocycles. The van der Waals surface area contributed by atoms with Gasteiger partial charge in [0.05, 0.1) is 74.4 Å². The van der Waals surface area contributed by atoms with E-state index >= 15 is 0 Å². The summed E-state index contributed by atoms with van der Waals surface area (Å²) < 4.78 is 2.23. The fraction of sp³-hybridized carbons (Fsp3) is 0. The zero-order chi connectivity index (χ0) is 49.3. The van der Waals surface area contributed by atoms with Gasteiger partial charge in [0.2, 0.25) is 0 Å². The molecule has 0 aliphatic carbocycles. The Bertz CT molecular complexity index is 3840. The average molecular weight is 931 g/mol. The van der Waals surface area contributed by atoms with Gasteiger partial charge in [0, 0.05) is 44.2 Å². The Morgan fingerprint density at radius 2 is 0.616 bits per heavy atom. The standard InChI is InChI=1S/C65H38N8/c66-39-42-15-13-25-49(31-42)51-27-29-61-53(35-51)54-36-52(50-26-14-16-43(32-50)40-67)28-30-62(54)73(61)63-55(64-69-57(45-17-5-1-6-18-45)37-58(70-64)46-19-7-2-8-20-46)33-44(41-68)34-56(63)65-71-59(47-21-9-3-10-22-47)38-60(72-65)48-23-11-4-12-24-48/h1-38H. The number of fused-ring (bicyclic) bond motifs is 3. The Labute approximate surface area is 421 Å². The van der Waals surface area contributed by atoms with Gasteiger partial charge in [-0.3, -0.25) is 0 Å². The van der Waals surface area contributed by atoms with Crippen LogP contribution in [0.25, 0.3) is 118 Å². The molecule has 8 nitrogen and oxygen atoms in total. The zero-order valence-corrected chi connectivity index (χ0v) is 39.0. The second-order valence-corrected chi connectivity index (χ2v) is 17.6. The minimum Gasteiger partial charge on any atom is -0.308 e. The van der Waals surface area contributed by atoms with Gasteiger partial charge in [0.25, 0.3) is 0 Å². The second kappa shape index (κ2) is 18.7. The molecule has 0 saturated heterocycles. The number of nitrogens with zero attached hydrogens (tertiary/aromatic N) is 8. The largest absolute Gasteiger partial charge is 0.308 e. The van der Waals surface area contributed by atoms with E-state index in [2.05, 4.69) is 59.2 Å². The Morgan fingerprint density at radius 1 is 0.288 bits per heavy atom. The van der Waals surface area contributed by atoms with Crippen molar-refractivity contribution in [3.8, 4) is 114 Å². The van der Waals surface area contributed by atoms with Gasteiger partial charge in [0.15, 0.2) is 11.6 Å². The van der Waals surface area contributed by atoms with E-state index in [4.69, 9.17) is 19.9 Å². The smallest absolute Gasteiger partial charge is 0.162 e. The molecule has 3 heterocycles. The fourth-order valence-electron chi connectivity index (χ4n) is 9.60. The van der Waals surface area contributed by atoms with Crippen LogP contribution in [0.5, 0.6) is 0 Å². The quantitative estimate of drug-likeness (QED) is 0.141. The van der Waals surface area contributed by atoms with Crippen LogP contribution in [0.15, 0.2) is 231 Å².